The zero-order chi connectivity index (χ0) is 14.9. The first-order valence-electron chi connectivity index (χ1n) is 7.23. The van der Waals surface area contributed by atoms with E-state index in [2.05, 4.69) is 27.7 Å². The van der Waals surface area contributed by atoms with Crippen LogP contribution in [0.4, 0.5) is 0 Å². The largest absolute Gasteiger partial charge is 0.481 e. The third-order valence-electron chi connectivity index (χ3n) is 4.22. The minimum atomic E-state index is -0.826. The second-order valence-electron chi connectivity index (χ2n) is 5.56. The SMILES string of the molecule is CCC(CC(=O)O)n1nnnc1C1(c2ccccc2)CC1. The van der Waals surface area contributed by atoms with Gasteiger partial charge in [-0.25, -0.2) is 4.68 Å². The highest BCUT2D eigenvalue weighted by molar-refractivity contribution is 5.67. The molecular formula is C15H18N4O2. The Morgan fingerprint density at radius 1 is 1.38 bits per heavy atom. The fraction of sp³-hybridized carbons (Fsp3) is 0.467. The van der Waals surface area contributed by atoms with Crippen molar-refractivity contribution in [2.45, 2.75) is 44.1 Å². The predicted octanol–water partition coefficient (Wildman–Crippen LogP) is 2.18. The van der Waals surface area contributed by atoms with Gasteiger partial charge in [-0.2, -0.15) is 0 Å². The van der Waals surface area contributed by atoms with Gasteiger partial charge in [0.05, 0.1) is 17.9 Å². The van der Waals surface area contributed by atoms with E-state index in [1.165, 1.54) is 5.56 Å². The van der Waals surface area contributed by atoms with E-state index in [-0.39, 0.29) is 17.9 Å². The van der Waals surface area contributed by atoms with Gasteiger partial charge in [-0.1, -0.05) is 37.3 Å². The molecule has 110 valence electrons. The van der Waals surface area contributed by atoms with Crippen LogP contribution in [0.2, 0.25) is 0 Å². The number of hydrogen-bond donors (Lipinski definition) is 1. The van der Waals surface area contributed by atoms with Crippen molar-refractivity contribution in [2.24, 2.45) is 0 Å². The number of benzene rings is 1. The summed E-state index contributed by atoms with van der Waals surface area (Å²) in [4.78, 5) is 11.0. The Hall–Kier alpha value is -2.24. The van der Waals surface area contributed by atoms with Crippen LogP contribution in [0.3, 0.4) is 0 Å². The van der Waals surface area contributed by atoms with E-state index in [1.807, 2.05) is 25.1 Å². The standard InChI is InChI=1S/C15H18N4O2/c1-2-12(10-13(20)21)19-14(16-17-18-19)15(8-9-15)11-6-4-3-5-7-11/h3-7,12H,2,8-10H2,1H3,(H,20,21). The molecule has 0 radical (unpaired) electrons. The molecule has 1 heterocycles. The number of aliphatic carboxylic acids is 1. The Morgan fingerprint density at radius 3 is 2.67 bits per heavy atom. The minimum absolute atomic E-state index is 0.0411. The van der Waals surface area contributed by atoms with Gasteiger partial charge in [0.1, 0.15) is 0 Å². The normalized spacial score (nSPS) is 17.4. The first-order valence-corrected chi connectivity index (χ1v) is 7.23. The van der Waals surface area contributed by atoms with Crippen LogP contribution in [0.1, 0.15) is 50.0 Å². The van der Waals surface area contributed by atoms with Crippen LogP contribution in [0.5, 0.6) is 0 Å². The van der Waals surface area contributed by atoms with Gasteiger partial charge in [-0.15, -0.1) is 5.10 Å². The van der Waals surface area contributed by atoms with Gasteiger partial charge >= 0.3 is 5.97 Å². The summed E-state index contributed by atoms with van der Waals surface area (Å²) in [6, 6.07) is 9.99. The van der Waals surface area contributed by atoms with Crippen LogP contribution in [-0.4, -0.2) is 31.3 Å². The van der Waals surface area contributed by atoms with Crippen molar-refractivity contribution in [1.82, 2.24) is 20.2 Å². The Bertz CT molecular complexity index is 634. The monoisotopic (exact) mass is 286 g/mol. The lowest BCUT2D eigenvalue weighted by Crippen LogP contribution is -2.22. The van der Waals surface area contributed by atoms with Gasteiger partial charge < -0.3 is 5.11 Å². The summed E-state index contributed by atoms with van der Waals surface area (Å²) < 4.78 is 1.72. The highest BCUT2D eigenvalue weighted by Crippen LogP contribution is 2.52. The van der Waals surface area contributed by atoms with Gasteiger partial charge in [0.15, 0.2) is 5.82 Å². The van der Waals surface area contributed by atoms with E-state index in [1.54, 1.807) is 4.68 Å². The molecule has 0 spiro atoms. The number of rotatable bonds is 6. The topological polar surface area (TPSA) is 80.9 Å². The van der Waals surface area contributed by atoms with Crippen molar-refractivity contribution in [3.05, 3.63) is 41.7 Å². The number of hydrogen-bond acceptors (Lipinski definition) is 4. The van der Waals surface area contributed by atoms with Gasteiger partial charge in [-0.05, 0) is 35.3 Å². The molecule has 0 aliphatic heterocycles. The first-order chi connectivity index (χ1) is 10.2. The van der Waals surface area contributed by atoms with Gasteiger partial charge in [0.2, 0.25) is 0 Å². The van der Waals surface area contributed by atoms with Crippen molar-refractivity contribution in [1.29, 1.82) is 0 Å². The Labute approximate surface area is 122 Å². The number of nitrogens with zero attached hydrogens (tertiary/aromatic N) is 4. The first kappa shape index (κ1) is 13.7. The van der Waals surface area contributed by atoms with Crippen molar-refractivity contribution >= 4 is 5.97 Å². The molecule has 0 bridgehead atoms. The minimum Gasteiger partial charge on any atom is -0.481 e. The quantitative estimate of drug-likeness (QED) is 0.880. The lowest BCUT2D eigenvalue weighted by atomic mass is 9.94. The summed E-state index contributed by atoms with van der Waals surface area (Å²) in [6.45, 7) is 1.96. The second-order valence-corrected chi connectivity index (χ2v) is 5.56. The third-order valence-corrected chi connectivity index (χ3v) is 4.22. The molecule has 1 aliphatic rings. The zero-order valence-corrected chi connectivity index (χ0v) is 11.9. The smallest absolute Gasteiger partial charge is 0.305 e. The van der Waals surface area contributed by atoms with E-state index in [9.17, 15) is 4.79 Å². The van der Waals surface area contributed by atoms with Gasteiger partial charge in [0.25, 0.3) is 0 Å². The summed E-state index contributed by atoms with van der Waals surface area (Å²) in [5.74, 6) is -0.0327. The van der Waals surface area contributed by atoms with Crippen molar-refractivity contribution in [2.75, 3.05) is 0 Å². The molecule has 3 rings (SSSR count). The molecule has 2 aromatic rings. The summed E-state index contributed by atoms with van der Waals surface area (Å²) in [6.07, 6.45) is 2.73. The van der Waals surface area contributed by atoms with Gasteiger partial charge in [0, 0.05) is 0 Å². The molecular weight excluding hydrogens is 268 g/mol. The number of carboxylic acid groups (broad SMARTS) is 1. The molecule has 1 aliphatic carbocycles. The maximum Gasteiger partial charge on any atom is 0.305 e. The second kappa shape index (κ2) is 5.27. The van der Waals surface area contributed by atoms with Crippen LogP contribution in [0, 0.1) is 0 Å². The van der Waals surface area contributed by atoms with Crippen LogP contribution in [0.25, 0.3) is 0 Å². The number of carbonyl (C=O) groups is 1. The Kier molecular flexibility index (Phi) is 3.45. The average molecular weight is 286 g/mol. The fourth-order valence-electron chi connectivity index (χ4n) is 2.88. The van der Waals surface area contributed by atoms with E-state index < -0.39 is 5.97 Å². The van der Waals surface area contributed by atoms with Crippen LogP contribution < -0.4 is 0 Å². The molecule has 21 heavy (non-hydrogen) atoms. The summed E-state index contributed by atoms with van der Waals surface area (Å²) in [5.41, 5.74) is 1.06. The molecule has 1 saturated carbocycles. The van der Waals surface area contributed by atoms with Crippen LogP contribution in [-0.2, 0) is 10.2 Å². The Balaban J connectivity index is 1.98. The van der Waals surface area contributed by atoms with E-state index in [4.69, 9.17) is 5.11 Å². The number of carboxylic acids is 1. The van der Waals surface area contributed by atoms with Crippen molar-refractivity contribution in [3.8, 4) is 0 Å². The average Bonchev–Trinajstić information content (AvgIpc) is 3.16. The molecule has 1 N–H and O–H groups in total. The van der Waals surface area contributed by atoms with Crippen LogP contribution in [0.15, 0.2) is 30.3 Å². The summed E-state index contributed by atoms with van der Waals surface area (Å²) in [7, 11) is 0. The number of aromatic nitrogens is 4. The maximum absolute atomic E-state index is 11.0. The highest BCUT2D eigenvalue weighted by Gasteiger charge is 2.50. The molecule has 6 heteroatoms. The fourth-order valence-corrected chi connectivity index (χ4v) is 2.88. The predicted molar refractivity (Wildman–Crippen MR) is 75.9 cm³/mol. The Morgan fingerprint density at radius 2 is 2.10 bits per heavy atom. The van der Waals surface area contributed by atoms with E-state index in [0.29, 0.717) is 6.42 Å². The number of tetrazole rings is 1. The zero-order valence-electron chi connectivity index (χ0n) is 11.9. The van der Waals surface area contributed by atoms with E-state index in [0.717, 1.165) is 18.7 Å². The van der Waals surface area contributed by atoms with Crippen molar-refractivity contribution in [3.63, 3.8) is 0 Å². The van der Waals surface area contributed by atoms with Gasteiger partial charge in [-0.3, -0.25) is 4.79 Å². The molecule has 1 unspecified atom stereocenters. The molecule has 0 saturated heterocycles. The maximum atomic E-state index is 11.0. The molecule has 1 fully saturated rings. The molecule has 1 aromatic carbocycles. The summed E-state index contributed by atoms with van der Waals surface area (Å²) in [5, 5.41) is 21.1. The molecule has 1 atom stereocenters. The van der Waals surface area contributed by atoms with Crippen LogP contribution >= 0.6 is 0 Å². The highest BCUT2D eigenvalue weighted by atomic mass is 16.4. The van der Waals surface area contributed by atoms with Crippen molar-refractivity contribution < 1.29 is 9.90 Å². The van der Waals surface area contributed by atoms with E-state index >= 15 is 0 Å². The lowest BCUT2D eigenvalue weighted by Gasteiger charge is -2.19. The lowest BCUT2D eigenvalue weighted by molar-refractivity contribution is -0.138. The molecule has 6 nitrogen and oxygen atoms in total. The third kappa shape index (κ3) is 2.41. The summed E-state index contributed by atoms with van der Waals surface area (Å²) >= 11 is 0. The molecule has 0 amide bonds. The molecule has 1 aromatic heterocycles.